The molecular weight excluding hydrogens is 321 g/mol. The Morgan fingerprint density at radius 1 is 0.955 bits per heavy atom. The summed E-state index contributed by atoms with van der Waals surface area (Å²) in [6, 6.07) is 17.7. The molecule has 1 amide bonds. The van der Waals surface area contributed by atoms with Crippen molar-refractivity contribution < 1.29 is 9.53 Å². The molecule has 1 heterocycles. The Balaban J connectivity index is 2.01. The Bertz CT molecular complexity index is 700. The third-order valence-electron chi connectivity index (χ3n) is 3.95. The third-order valence-corrected chi connectivity index (χ3v) is 5.27. The monoisotopic (exact) mass is 335 g/mol. The van der Waals surface area contributed by atoms with Crippen LogP contribution in [0, 0.1) is 0 Å². The predicted molar refractivity (Wildman–Crippen MR) is 87.7 cm³/mol. The van der Waals surface area contributed by atoms with E-state index in [1.165, 1.54) is 0 Å². The van der Waals surface area contributed by atoms with E-state index in [0.29, 0.717) is 5.56 Å². The minimum absolute atomic E-state index is 0.645. The molecule has 3 nitrogen and oxygen atoms in total. The van der Waals surface area contributed by atoms with Gasteiger partial charge < -0.3 is 4.74 Å². The number of ether oxygens (including phenoxy) is 1. The lowest BCUT2D eigenvalue weighted by atomic mass is 9.90. The van der Waals surface area contributed by atoms with Crippen molar-refractivity contribution in [2.75, 3.05) is 0 Å². The lowest BCUT2D eigenvalue weighted by Crippen LogP contribution is -2.45. The summed E-state index contributed by atoms with van der Waals surface area (Å²) in [7, 11) is 0. The summed E-state index contributed by atoms with van der Waals surface area (Å²) in [6.07, 6.45) is -0.645. The summed E-state index contributed by atoms with van der Waals surface area (Å²) in [6.45, 7) is 3.48. The van der Waals surface area contributed by atoms with Gasteiger partial charge in [0.05, 0.1) is 0 Å². The number of nitrogens with zero attached hydrogens (tertiary/aromatic N) is 1. The minimum Gasteiger partial charge on any atom is -0.438 e. The number of amides is 1. The van der Waals surface area contributed by atoms with Crippen molar-refractivity contribution in [2.24, 2.45) is 0 Å². The molecule has 22 heavy (non-hydrogen) atoms. The van der Waals surface area contributed by atoms with Crippen LogP contribution in [0.15, 0.2) is 54.6 Å². The Morgan fingerprint density at radius 3 is 2.00 bits per heavy atom. The summed E-state index contributed by atoms with van der Waals surface area (Å²) in [5.74, 6) is 0. The number of carbonyl (C=O) groups excluding carboxylic acids is 1. The number of carbonyl (C=O) groups is 1. The largest absolute Gasteiger partial charge is 0.438 e. The fourth-order valence-electron chi connectivity index (χ4n) is 2.66. The van der Waals surface area contributed by atoms with Crippen LogP contribution in [-0.2, 0) is 9.73 Å². The summed E-state index contributed by atoms with van der Waals surface area (Å²) >= 11 is 12.8. The molecular formula is C17H15Cl2NO2. The molecule has 3 rings (SSSR count). The molecule has 1 saturated heterocycles. The molecule has 1 fully saturated rings. The van der Waals surface area contributed by atoms with Crippen LogP contribution < -0.4 is 0 Å². The van der Waals surface area contributed by atoms with E-state index in [1.54, 1.807) is 13.8 Å². The third kappa shape index (κ3) is 2.16. The maximum atomic E-state index is 11.8. The average Bonchev–Trinajstić information content (AvgIpc) is 2.68. The van der Waals surface area contributed by atoms with Crippen molar-refractivity contribution in [3.63, 3.8) is 0 Å². The van der Waals surface area contributed by atoms with Gasteiger partial charge in [-0.15, -0.1) is 0 Å². The van der Waals surface area contributed by atoms with Crippen molar-refractivity contribution >= 4 is 29.5 Å². The van der Waals surface area contributed by atoms with Crippen LogP contribution in [0.2, 0.25) is 0 Å². The number of hydrogen-bond donors (Lipinski definition) is 0. The summed E-state index contributed by atoms with van der Waals surface area (Å²) in [5.41, 5.74) is 1.94. The molecule has 1 aliphatic heterocycles. The van der Waals surface area contributed by atoms with E-state index in [2.05, 4.69) is 0 Å². The fourth-order valence-corrected chi connectivity index (χ4v) is 3.23. The molecule has 0 spiro atoms. The van der Waals surface area contributed by atoms with E-state index in [4.69, 9.17) is 28.1 Å². The van der Waals surface area contributed by atoms with Crippen molar-refractivity contribution in [1.29, 1.82) is 0 Å². The van der Waals surface area contributed by atoms with E-state index in [9.17, 15) is 4.79 Å². The maximum absolute atomic E-state index is 11.8. The SMILES string of the molecule is CC1(C)OC(=O)N(Cl)C1(Cl)c1ccc(-c2ccccc2)cc1. The highest BCUT2D eigenvalue weighted by Crippen LogP contribution is 2.51. The molecule has 0 bridgehead atoms. The quantitative estimate of drug-likeness (QED) is 0.432. The van der Waals surface area contributed by atoms with Gasteiger partial charge in [-0.1, -0.05) is 66.2 Å². The zero-order valence-electron chi connectivity index (χ0n) is 12.2. The number of hydrogen-bond acceptors (Lipinski definition) is 2. The lowest BCUT2D eigenvalue weighted by Gasteiger charge is -2.34. The first-order valence-electron chi connectivity index (χ1n) is 6.90. The van der Waals surface area contributed by atoms with Gasteiger partial charge in [0.2, 0.25) is 0 Å². The van der Waals surface area contributed by atoms with Crippen LogP contribution in [0.4, 0.5) is 4.79 Å². The van der Waals surface area contributed by atoms with Gasteiger partial charge in [0.15, 0.2) is 10.6 Å². The Hall–Kier alpha value is -1.71. The lowest BCUT2D eigenvalue weighted by molar-refractivity contribution is 0.0559. The first-order valence-corrected chi connectivity index (χ1v) is 7.62. The molecule has 1 aliphatic rings. The molecule has 2 aromatic rings. The van der Waals surface area contributed by atoms with E-state index in [1.807, 2.05) is 54.6 Å². The zero-order chi connectivity index (χ0) is 16.0. The number of benzene rings is 2. The fraction of sp³-hybridized carbons (Fsp3) is 0.235. The number of cyclic esters (lactones) is 1. The van der Waals surface area contributed by atoms with Gasteiger partial charge in [-0.2, -0.15) is 4.42 Å². The molecule has 0 aliphatic carbocycles. The van der Waals surface area contributed by atoms with Gasteiger partial charge in [0, 0.05) is 11.8 Å². The van der Waals surface area contributed by atoms with E-state index >= 15 is 0 Å². The van der Waals surface area contributed by atoms with Crippen LogP contribution in [0.3, 0.4) is 0 Å². The van der Waals surface area contributed by atoms with Crippen LogP contribution in [0.5, 0.6) is 0 Å². The summed E-state index contributed by atoms with van der Waals surface area (Å²) in [4.78, 5) is 10.5. The van der Waals surface area contributed by atoms with Crippen LogP contribution in [0.1, 0.15) is 19.4 Å². The molecule has 0 aromatic heterocycles. The average molecular weight is 336 g/mol. The molecule has 114 valence electrons. The van der Waals surface area contributed by atoms with Crippen LogP contribution in [-0.4, -0.2) is 16.1 Å². The molecule has 5 heteroatoms. The Morgan fingerprint density at radius 2 is 1.50 bits per heavy atom. The van der Waals surface area contributed by atoms with Crippen molar-refractivity contribution in [3.8, 4) is 11.1 Å². The van der Waals surface area contributed by atoms with Crippen LogP contribution >= 0.6 is 23.4 Å². The van der Waals surface area contributed by atoms with Crippen molar-refractivity contribution in [1.82, 2.24) is 4.42 Å². The second kappa shape index (κ2) is 5.18. The molecule has 0 N–H and O–H groups in total. The van der Waals surface area contributed by atoms with E-state index in [-0.39, 0.29) is 0 Å². The molecule has 0 radical (unpaired) electrons. The van der Waals surface area contributed by atoms with Crippen molar-refractivity contribution in [3.05, 3.63) is 60.2 Å². The standard InChI is InChI=1S/C17H15Cl2NO2/c1-16(2)17(18,20(19)15(21)22-16)14-10-8-13(9-11-14)12-6-4-3-5-7-12/h3-11H,1-2H3. The molecule has 1 atom stereocenters. The number of alkyl halides is 1. The highest BCUT2D eigenvalue weighted by Gasteiger charge is 2.60. The smallest absolute Gasteiger partial charge is 0.427 e. The summed E-state index contributed by atoms with van der Waals surface area (Å²) < 4.78 is 6.19. The molecule has 0 saturated carbocycles. The number of rotatable bonds is 2. The van der Waals surface area contributed by atoms with Gasteiger partial charge in [-0.3, -0.25) is 0 Å². The van der Waals surface area contributed by atoms with E-state index in [0.717, 1.165) is 15.5 Å². The Kier molecular flexibility index (Phi) is 3.58. The van der Waals surface area contributed by atoms with Gasteiger partial charge in [-0.05, 0) is 30.5 Å². The minimum atomic E-state index is -1.25. The highest BCUT2D eigenvalue weighted by molar-refractivity contribution is 6.33. The second-order valence-electron chi connectivity index (χ2n) is 5.72. The zero-order valence-corrected chi connectivity index (χ0v) is 13.7. The normalized spacial score (nSPS) is 23.5. The Labute approximate surface area is 139 Å². The van der Waals surface area contributed by atoms with Crippen LogP contribution in [0.25, 0.3) is 11.1 Å². The maximum Gasteiger partial charge on any atom is 0.427 e. The highest BCUT2D eigenvalue weighted by atomic mass is 35.5. The first-order chi connectivity index (χ1) is 10.4. The van der Waals surface area contributed by atoms with E-state index < -0.39 is 16.7 Å². The van der Waals surface area contributed by atoms with Gasteiger partial charge in [0.1, 0.15) is 0 Å². The van der Waals surface area contributed by atoms with Gasteiger partial charge >= 0.3 is 6.09 Å². The van der Waals surface area contributed by atoms with Crippen molar-refractivity contribution in [2.45, 2.75) is 24.4 Å². The van der Waals surface area contributed by atoms with Gasteiger partial charge in [-0.25, -0.2) is 4.79 Å². The van der Waals surface area contributed by atoms with Gasteiger partial charge in [0.25, 0.3) is 0 Å². The molecule has 1 unspecified atom stereocenters. The first kappa shape index (κ1) is 15.2. The summed E-state index contributed by atoms with van der Waals surface area (Å²) in [5, 5.41) is 0. The number of halogens is 2. The predicted octanol–water partition coefficient (Wildman–Crippen LogP) is 5.13. The molecule has 2 aromatic carbocycles. The second-order valence-corrected chi connectivity index (χ2v) is 6.61. The topological polar surface area (TPSA) is 29.5 Å².